The number of carbonyl (C=O) groups excluding carboxylic acids is 1. The second kappa shape index (κ2) is 8.52. The molecule has 1 aliphatic rings. The Bertz CT molecular complexity index is 1360. The number of nitrogens with zero attached hydrogens (tertiary/aromatic N) is 4. The van der Waals surface area contributed by atoms with Gasteiger partial charge in [-0.05, 0) is 44.9 Å². The van der Waals surface area contributed by atoms with E-state index in [0.717, 1.165) is 46.5 Å². The van der Waals surface area contributed by atoms with E-state index in [1.165, 1.54) is 0 Å². The molecule has 0 atom stereocenters. The van der Waals surface area contributed by atoms with E-state index in [-0.39, 0.29) is 6.09 Å². The fraction of sp³-hybridized carbons (Fsp3) is 0.346. The summed E-state index contributed by atoms with van der Waals surface area (Å²) in [6.07, 6.45) is 0.462. The Kier molecular flexibility index (Phi) is 5.51. The number of rotatable bonds is 3. The van der Waals surface area contributed by atoms with Crippen LogP contribution in [0.3, 0.4) is 0 Å². The Labute approximate surface area is 198 Å². The number of anilines is 1. The predicted octanol–water partition coefficient (Wildman–Crippen LogP) is 4.89. The van der Waals surface area contributed by atoms with Gasteiger partial charge in [0.2, 0.25) is 0 Å². The van der Waals surface area contributed by atoms with Crippen LogP contribution in [0.2, 0.25) is 0 Å². The standard InChI is InChI=1S/C26H29N5O3/c1-26(2,3)34-25(32)30-12-7-13-31-21(15-30)29-22-23(31)19-11-10-18(14-20(19)28-24(22)27)33-16-17-8-5-4-6-9-17/h4-6,8-11,14H,7,12-13,15-16H2,1-3H3,(H2,27,28). The number of hydrogen-bond donors (Lipinski definition) is 1. The minimum Gasteiger partial charge on any atom is -0.489 e. The second-order valence-corrected chi connectivity index (χ2v) is 9.58. The number of nitrogens with two attached hydrogens (primary N) is 1. The van der Waals surface area contributed by atoms with E-state index < -0.39 is 5.60 Å². The number of imidazole rings is 1. The van der Waals surface area contributed by atoms with Crippen LogP contribution >= 0.6 is 0 Å². The minimum absolute atomic E-state index is 0.329. The van der Waals surface area contributed by atoms with Gasteiger partial charge in [0.15, 0.2) is 5.82 Å². The van der Waals surface area contributed by atoms with Crippen LogP contribution in [0.25, 0.3) is 21.9 Å². The van der Waals surface area contributed by atoms with E-state index in [2.05, 4.69) is 9.55 Å². The van der Waals surface area contributed by atoms with Gasteiger partial charge < -0.3 is 24.7 Å². The van der Waals surface area contributed by atoms with Crippen molar-refractivity contribution in [2.24, 2.45) is 0 Å². The highest BCUT2D eigenvalue weighted by Crippen LogP contribution is 2.32. The van der Waals surface area contributed by atoms with Crippen molar-refractivity contribution in [2.45, 2.75) is 52.5 Å². The highest BCUT2D eigenvalue weighted by atomic mass is 16.6. The maximum atomic E-state index is 12.7. The number of aryl methyl sites for hydroxylation is 1. The first-order valence-electron chi connectivity index (χ1n) is 11.5. The van der Waals surface area contributed by atoms with Crippen molar-refractivity contribution >= 4 is 33.8 Å². The van der Waals surface area contributed by atoms with Gasteiger partial charge in [-0.3, -0.25) is 0 Å². The van der Waals surface area contributed by atoms with Gasteiger partial charge in [0.1, 0.15) is 29.3 Å². The van der Waals surface area contributed by atoms with Crippen LogP contribution in [0.5, 0.6) is 5.75 Å². The smallest absolute Gasteiger partial charge is 0.410 e. The van der Waals surface area contributed by atoms with Crippen molar-refractivity contribution in [3.05, 3.63) is 59.9 Å². The Balaban J connectivity index is 1.48. The van der Waals surface area contributed by atoms with E-state index in [1.54, 1.807) is 4.90 Å². The molecule has 2 N–H and O–H groups in total. The van der Waals surface area contributed by atoms with Crippen LogP contribution in [-0.2, 0) is 24.4 Å². The van der Waals surface area contributed by atoms with Crippen LogP contribution in [-0.4, -0.2) is 37.7 Å². The average Bonchev–Trinajstić information content (AvgIpc) is 3.02. The highest BCUT2D eigenvalue weighted by Gasteiger charge is 2.27. The summed E-state index contributed by atoms with van der Waals surface area (Å²) in [6.45, 7) is 7.79. The number of fused-ring (bicyclic) bond motifs is 5. The number of hydrogen-bond acceptors (Lipinski definition) is 6. The summed E-state index contributed by atoms with van der Waals surface area (Å²) in [6, 6.07) is 15.9. The number of aromatic nitrogens is 3. The molecule has 5 rings (SSSR count). The summed E-state index contributed by atoms with van der Waals surface area (Å²) in [5, 5.41) is 0.959. The molecular formula is C26H29N5O3. The fourth-order valence-electron chi connectivity index (χ4n) is 4.28. The summed E-state index contributed by atoms with van der Waals surface area (Å²) >= 11 is 0. The first-order valence-corrected chi connectivity index (χ1v) is 11.5. The van der Waals surface area contributed by atoms with Crippen LogP contribution < -0.4 is 10.5 Å². The summed E-state index contributed by atoms with van der Waals surface area (Å²) < 4.78 is 13.7. The summed E-state index contributed by atoms with van der Waals surface area (Å²) in [4.78, 5) is 23.8. The van der Waals surface area contributed by atoms with Crippen molar-refractivity contribution in [1.82, 2.24) is 19.4 Å². The molecule has 4 aromatic rings. The molecule has 2 aromatic heterocycles. The molecule has 0 saturated heterocycles. The van der Waals surface area contributed by atoms with Crippen LogP contribution in [0.1, 0.15) is 38.6 Å². The lowest BCUT2D eigenvalue weighted by atomic mass is 10.1. The topological polar surface area (TPSA) is 95.5 Å². The van der Waals surface area contributed by atoms with Gasteiger partial charge in [-0.25, -0.2) is 14.8 Å². The van der Waals surface area contributed by atoms with Crippen LogP contribution in [0.4, 0.5) is 10.6 Å². The molecule has 176 valence electrons. The third-order valence-electron chi connectivity index (χ3n) is 5.80. The molecule has 8 nitrogen and oxygen atoms in total. The molecule has 3 heterocycles. The van der Waals surface area contributed by atoms with Gasteiger partial charge in [-0.2, -0.15) is 0 Å². The summed E-state index contributed by atoms with van der Waals surface area (Å²) in [5.74, 6) is 1.88. The third-order valence-corrected chi connectivity index (χ3v) is 5.80. The Morgan fingerprint density at radius 3 is 2.65 bits per heavy atom. The molecule has 1 aliphatic heterocycles. The molecule has 8 heteroatoms. The Morgan fingerprint density at radius 1 is 1.09 bits per heavy atom. The van der Waals surface area contributed by atoms with Gasteiger partial charge in [-0.15, -0.1) is 0 Å². The maximum Gasteiger partial charge on any atom is 0.410 e. The molecule has 1 amide bonds. The molecule has 0 radical (unpaired) electrons. The number of pyridine rings is 1. The molecule has 2 aromatic carbocycles. The minimum atomic E-state index is -0.547. The molecule has 0 spiro atoms. The number of benzene rings is 2. The van der Waals surface area contributed by atoms with Crippen molar-refractivity contribution in [2.75, 3.05) is 12.3 Å². The normalized spacial score (nSPS) is 14.1. The highest BCUT2D eigenvalue weighted by molar-refractivity contribution is 6.07. The first kappa shape index (κ1) is 22.0. The summed E-state index contributed by atoms with van der Waals surface area (Å²) in [7, 11) is 0. The first-order chi connectivity index (χ1) is 16.3. The van der Waals surface area contributed by atoms with Gasteiger partial charge in [0, 0.05) is 24.5 Å². The molecule has 0 saturated carbocycles. The zero-order chi connectivity index (χ0) is 23.9. The number of amides is 1. The second-order valence-electron chi connectivity index (χ2n) is 9.58. The van der Waals surface area contributed by atoms with Crippen molar-refractivity contribution in [3.63, 3.8) is 0 Å². The Morgan fingerprint density at radius 2 is 1.88 bits per heavy atom. The average molecular weight is 460 g/mol. The number of nitrogen functional groups attached to an aromatic ring is 1. The lowest BCUT2D eigenvalue weighted by Gasteiger charge is -2.25. The van der Waals surface area contributed by atoms with Gasteiger partial charge >= 0.3 is 6.09 Å². The van der Waals surface area contributed by atoms with E-state index in [4.69, 9.17) is 20.2 Å². The van der Waals surface area contributed by atoms with Gasteiger partial charge in [0.05, 0.1) is 17.6 Å². The molecule has 0 unspecified atom stereocenters. The van der Waals surface area contributed by atoms with Crippen LogP contribution in [0, 0.1) is 0 Å². The molecule has 0 fully saturated rings. The SMILES string of the molecule is CC(C)(C)OC(=O)N1CCCn2c(nc3c(N)nc4cc(OCc5ccccc5)ccc4c32)C1. The predicted molar refractivity (Wildman–Crippen MR) is 131 cm³/mol. The van der Waals surface area contributed by atoms with Crippen molar-refractivity contribution in [3.8, 4) is 5.75 Å². The largest absolute Gasteiger partial charge is 0.489 e. The van der Waals surface area contributed by atoms with Gasteiger partial charge in [0.25, 0.3) is 0 Å². The molecule has 34 heavy (non-hydrogen) atoms. The quantitative estimate of drug-likeness (QED) is 0.469. The van der Waals surface area contributed by atoms with E-state index in [9.17, 15) is 4.79 Å². The summed E-state index contributed by atoms with van der Waals surface area (Å²) in [5.41, 5.74) is 9.24. The fourth-order valence-corrected chi connectivity index (χ4v) is 4.28. The van der Waals surface area contributed by atoms with E-state index in [0.29, 0.717) is 31.0 Å². The maximum absolute atomic E-state index is 12.7. The lowest BCUT2D eigenvalue weighted by Crippen LogP contribution is -2.36. The third kappa shape index (κ3) is 4.35. The Hall–Kier alpha value is -3.81. The zero-order valence-corrected chi connectivity index (χ0v) is 19.7. The van der Waals surface area contributed by atoms with Crippen molar-refractivity contribution < 1.29 is 14.3 Å². The molecule has 0 bridgehead atoms. The van der Waals surface area contributed by atoms with Crippen LogP contribution in [0.15, 0.2) is 48.5 Å². The van der Waals surface area contributed by atoms with E-state index >= 15 is 0 Å². The zero-order valence-electron chi connectivity index (χ0n) is 19.7. The van der Waals surface area contributed by atoms with Crippen molar-refractivity contribution in [1.29, 1.82) is 0 Å². The number of ether oxygens (including phenoxy) is 2. The number of carbonyl (C=O) groups is 1. The lowest BCUT2D eigenvalue weighted by molar-refractivity contribution is 0.0234. The van der Waals surface area contributed by atoms with E-state index in [1.807, 2.05) is 69.3 Å². The monoisotopic (exact) mass is 459 g/mol. The molecule has 0 aliphatic carbocycles. The molecular weight excluding hydrogens is 430 g/mol. The van der Waals surface area contributed by atoms with Gasteiger partial charge in [-0.1, -0.05) is 30.3 Å².